The highest BCUT2D eigenvalue weighted by atomic mass is 16.5. The second-order valence-electron chi connectivity index (χ2n) is 5.25. The zero-order valence-corrected chi connectivity index (χ0v) is 11.3. The minimum absolute atomic E-state index is 0.197. The summed E-state index contributed by atoms with van der Waals surface area (Å²) in [6.07, 6.45) is 1.09. The fourth-order valence-corrected chi connectivity index (χ4v) is 2.43. The minimum Gasteiger partial charge on any atom is -0.381 e. The summed E-state index contributed by atoms with van der Waals surface area (Å²) in [5.74, 6) is 0.512. The van der Waals surface area contributed by atoms with Crippen molar-refractivity contribution in [2.45, 2.75) is 25.9 Å². The van der Waals surface area contributed by atoms with E-state index in [0.29, 0.717) is 5.92 Å². The van der Waals surface area contributed by atoms with Gasteiger partial charge in [-0.05, 0) is 32.5 Å². The number of likely N-dealkylation sites (N-methyl/N-ethyl adjacent to an activating group) is 1. The summed E-state index contributed by atoms with van der Waals surface area (Å²) in [5.41, 5.74) is 8.39. The third-order valence-electron chi connectivity index (χ3n) is 3.47. The van der Waals surface area contributed by atoms with Gasteiger partial charge >= 0.3 is 0 Å². The summed E-state index contributed by atoms with van der Waals surface area (Å²) >= 11 is 0. The van der Waals surface area contributed by atoms with Gasteiger partial charge in [0, 0.05) is 37.4 Å². The highest BCUT2D eigenvalue weighted by Crippen LogP contribution is 2.16. The van der Waals surface area contributed by atoms with E-state index in [1.54, 1.807) is 0 Å². The largest absolute Gasteiger partial charge is 0.381 e. The van der Waals surface area contributed by atoms with Crippen molar-refractivity contribution >= 4 is 0 Å². The molecule has 100 valence electrons. The van der Waals surface area contributed by atoms with Crippen LogP contribution >= 0.6 is 0 Å². The number of nitrogens with zero attached hydrogens (tertiary/aromatic N) is 2. The van der Waals surface area contributed by atoms with E-state index in [4.69, 9.17) is 10.5 Å². The molecule has 0 aromatic carbocycles. The molecule has 2 heterocycles. The predicted molar refractivity (Wildman–Crippen MR) is 72.2 cm³/mol. The Hall–Kier alpha value is -0.970. The van der Waals surface area contributed by atoms with Crippen LogP contribution < -0.4 is 5.73 Å². The van der Waals surface area contributed by atoms with Crippen molar-refractivity contribution in [3.05, 3.63) is 29.6 Å². The molecule has 1 fully saturated rings. The van der Waals surface area contributed by atoms with Crippen molar-refractivity contribution in [3.63, 3.8) is 0 Å². The van der Waals surface area contributed by atoms with E-state index in [0.717, 1.165) is 44.1 Å². The van der Waals surface area contributed by atoms with Gasteiger partial charge < -0.3 is 10.5 Å². The van der Waals surface area contributed by atoms with E-state index in [1.807, 2.05) is 13.0 Å². The minimum atomic E-state index is 0.197. The Morgan fingerprint density at radius 1 is 1.56 bits per heavy atom. The molecule has 0 spiro atoms. The molecule has 1 aromatic heterocycles. The van der Waals surface area contributed by atoms with Crippen LogP contribution in [0.15, 0.2) is 18.2 Å². The lowest BCUT2D eigenvalue weighted by molar-refractivity contribution is 0.173. The van der Waals surface area contributed by atoms with Gasteiger partial charge in [0.25, 0.3) is 0 Å². The molecule has 2 atom stereocenters. The fraction of sp³-hybridized carbons (Fsp3) is 0.643. The smallest absolute Gasteiger partial charge is 0.0547 e. The number of rotatable bonds is 5. The lowest BCUT2D eigenvalue weighted by Gasteiger charge is -2.24. The summed E-state index contributed by atoms with van der Waals surface area (Å²) in [5, 5.41) is 0. The molecule has 2 unspecified atom stereocenters. The SMILES string of the molecule is Cc1cccc(CN(C)CC(N)C2CCOC2)n1. The molecule has 0 amide bonds. The standard InChI is InChI=1S/C14H23N3O/c1-11-4-3-5-13(16-11)8-17(2)9-14(15)12-6-7-18-10-12/h3-5,12,14H,6-10,15H2,1-2H3. The van der Waals surface area contributed by atoms with Crippen molar-refractivity contribution < 1.29 is 4.74 Å². The van der Waals surface area contributed by atoms with Crippen LogP contribution in [0, 0.1) is 12.8 Å². The Morgan fingerprint density at radius 3 is 3.06 bits per heavy atom. The number of aromatic nitrogens is 1. The first-order chi connectivity index (χ1) is 8.65. The summed E-state index contributed by atoms with van der Waals surface area (Å²) in [4.78, 5) is 6.75. The summed E-state index contributed by atoms with van der Waals surface area (Å²) in [6, 6.07) is 6.33. The van der Waals surface area contributed by atoms with Gasteiger partial charge in [-0.2, -0.15) is 0 Å². The monoisotopic (exact) mass is 249 g/mol. The van der Waals surface area contributed by atoms with E-state index >= 15 is 0 Å². The zero-order valence-electron chi connectivity index (χ0n) is 11.3. The van der Waals surface area contributed by atoms with E-state index in [1.165, 1.54) is 0 Å². The maximum absolute atomic E-state index is 6.22. The lowest BCUT2D eigenvalue weighted by Crippen LogP contribution is -2.40. The van der Waals surface area contributed by atoms with Gasteiger partial charge in [-0.15, -0.1) is 0 Å². The number of hydrogen-bond acceptors (Lipinski definition) is 4. The molecule has 1 saturated heterocycles. The Kier molecular flexibility index (Phi) is 4.69. The van der Waals surface area contributed by atoms with Gasteiger partial charge in [-0.1, -0.05) is 6.07 Å². The highest BCUT2D eigenvalue weighted by molar-refractivity contribution is 5.09. The topological polar surface area (TPSA) is 51.4 Å². The van der Waals surface area contributed by atoms with Crippen LogP contribution in [0.1, 0.15) is 17.8 Å². The zero-order chi connectivity index (χ0) is 13.0. The Balaban J connectivity index is 1.82. The van der Waals surface area contributed by atoms with Crippen LogP contribution in [0.4, 0.5) is 0 Å². The number of ether oxygens (including phenoxy) is 1. The van der Waals surface area contributed by atoms with Crippen molar-refractivity contribution in [1.82, 2.24) is 9.88 Å². The first-order valence-corrected chi connectivity index (χ1v) is 6.59. The van der Waals surface area contributed by atoms with Gasteiger partial charge in [0.2, 0.25) is 0 Å². The molecule has 2 N–H and O–H groups in total. The number of hydrogen-bond donors (Lipinski definition) is 1. The molecule has 0 radical (unpaired) electrons. The van der Waals surface area contributed by atoms with E-state index in [-0.39, 0.29) is 6.04 Å². The molecule has 4 heteroatoms. The summed E-state index contributed by atoms with van der Waals surface area (Å²) in [6.45, 7) is 5.44. The van der Waals surface area contributed by atoms with E-state index in [9.17, 15) is 0 Å². The number of nitrogens with two attached hydrogens (primary N) is 1. The molecule has 1 aromatic rings. The second kappa shape index (κ2) is 6.27. The summed E-state index contributed by atoms with van der Waals surface area (Å²) in [7, 11) is 2.10. The van der Waals surface area contributed by atoms with Crippen molar-refractivity contribution in [2.24, 2.45) is 11.7 Å². The number of aryl methyl sites for hydroxylation is 1. The van der Waals surface area contributed by atoms with Crippen LogP contribution in [0.2, 0.25) is 0 Å². The van der Waals surface area contributed by atoms with Crippen LogP contribution in [0.5, 0.6) is 0 Å². The number of pyridine rings is 1. The van der Waals surface area contributed by atoms with Crippen LogP contribution in [0.3, 0.4) is 0 Å². The quantitative estimate of drug-likeness (QED) is 0.851. The maximum atomic E-state index is 6.22. The Bertz CT molecular complexity index is 377. The fourth-order valence-electron chi connectivity index (χ4n) is 2.43. The van der Waals surface area contributed by atoms with Crippen molar-refractivity contribution in [3.8, 4) is 0 Å². The molecule has 0 saturated carbocycles. The van der Waals surface area contributed by atoms with Gasteiger partial charge in [0.05, 0.1) is 12.3 Å². The van der Waals surface area contributed by atoms with Crippen LogP contribution in [0.25, 0.3) is 0 Å². The molecule has 0 bridgehead atoms. The molecule has 4 nitrogen and oxygen atoms in total. The van der Waals surface area contributed by atoms with Crippen molar-refractivity contribution in [2.75, 3.05) is 26.8 Å². The van der Waals surface area contributed by atoms with Crippen LogP contribution in [-0.2, 0) is 11.3 Å². The molecular formula is C14H23N3O. The molecule has 18 heavy (non-hydrogen) atoms. The maximum Gasteiger partial charge on any atom is 0.0547 e. The Labute approximate surface area is 109 Å². The summed E-state index contributed by atoms with van der Waals surface area (Å²) < 4.78 is 5.38. The van der Waals surface area contributed by atoms with Gasteiger partial charge in [0.15, 0.2) is 0 Å². The molecule has 0 aliphatic carbocycles. The Morgan fingerprint density at radius 2 is 2.39 bits per heavy atom. The lowest BCUT2D eigenvalue weighted by atomic mass is 9.99. The van der Waals surface area contributed by atoms with Crippen molar-refractivity contribution in [1.29, 1.82) is 0 Å². The second-order valence-corrected chi connectivity index (χ2v) is 5.25. The third kappa shape index (κ3) is 3.77. The van der Waals surface area contributed by atoms with Gasteiger partial charge in [0.1, 0.15) is 0 Å². The molecule has 1 aliphatic heterocycles. The molecular weight excluding hydrogens is 226 g/mol. The molecule has 2 rings (SSSR count). The van der Waals surface area contributed by atoms with Crippen LogP contribution in [-0.4, -0.2) is 42.7 Å². The highest BCUT2D eigenvalue weighted by Gasteiger charge is 2.23. The van der Waals surface area contributed by atoms with Gasteiger partial charge in [-0.3, -0.25) is 9.88 Å². The molecule has 1 aliphatic rings. The van der Waals surface area contributed by atoms with E-state index in [2.05, 4.69) is 29.1 Å². The van der Waals surface area contributed by atoms with Gasteiger partial charge in [-0.25, -0.2) is 0 Å². The third-order valence-corrected chi connectivity index (χ3v) is 3.47. The average Bonchev–Trinajstić information content (AvgIpc) is 2.81. The van der Waals surface area contributed by atoms with E-state index < -0.39 is 0 Å². The average molecular weight is 249 g/mol. The first-order valence-electron chi connectivity index (χ1n) is 6.59. The first kappa shape index (κ1) is 13.5. The normalized spacial score (nSPS) is 21.4. The predicted octanol–water partition coefficient (Wildman–Crippen LogP) is 1.19.